The number of nitrogens with zero attached hydrogens (tertiary/aromatic N) is 2. The van der Waals surface area contributed by atoms with Crippen molar-refractivity contribution in [3.63, 3.8) is 0 Å². The zero-order chi connectivity index (χ0) is 13.9. The molecule has 1 aliphatic carbocycles. The van der Waals surface area contributed by atoms with Gasteiger partial charge >= 0.3 is 0 Å². The van der Waals surface area contributed by atoms with Crippen LogP contribution in [0, 0.1) is 0 Å². The molecule has 0 aromatic carbocycles. The molecule has 4 heteroatoms. The van der Waals surface area contributed by atoms with Crippen LogP contribution in [0.15, 0.2) is 0 Å². The van der Waals surface area contributed by atoms with Crippen molar-refractivity contribution in [2.75, 3.05) is 26.2 Å². The Labute approximate surface area is 117 Å². The highest BCUT2D eigenvalue weighted by atomic mass is 16.2. The van der Waals surface area contributed by atoms with E-state index in [1.54, 1.807) is 0 Å². The Morgan fingerprint density at radius 2 is 1.79 bits per heavy atom. The van der Waals surface area contributed by atoms with Crippen LogP contribution in [0.1, 0.15) is 52.4 Å². The van der Waals surface area contributed by atoms with Crippen LogP contribution in [-0.2, 0) is 4.79 Å². The van der Waals surface area contributed by atoms with Gasteiger partial charge in [0.25, 0.3) is 0 Å². The summed E-state index contributed by atoms with van der Waals surface area (Å²) in [6, 6.07) is 0.632. The summed E-state index contributed by atoms with van der Waals surface area (Å²) in [4.78, 5) is 16.8. The van der Waals surface area contributed by atoms with Crippen molar-refractivity contribution in [2.45, 2.75) is 64.0 Å². The Morgan fingerprint density at radius 3 is 2.32 bits per heavy atom. The highest BCUT2D eigenvalue weighted by molar-refractivity contribution is 5.77. The molecule has 0 bridgehead atoms. The molecule has 2 aliphatic rings. The summed E-state index contributed by atoms with van der Waals surface area (Å²) in [5.74, 6) is 0.271. The van der Waals surface area contributed by atoms with Gasteiger partial charge in [0.2, 0.25) is 5.91 Å². The fourth-order valence-corrected chi connectivity index (χ4v) is 3.34. The molecule has 1 saturated carbocycles. The van der Waals surface area contributed by atoms with E-state index in [2.05, 4.69) is 18.7 Å². The molecule has 2 fully saturated rings. The molecule has 4 nitrogen and oxygen atoms in total. The zero-order valence-corrected chi connectivity index (χ0v) is 12.5. The highest BCUT2D eigenvalue weighted by Crippen LogP contribution is 2.30. The molecular weight excluding hydrogens is 238 g/mol. The van der Waals surface area contributed by atoms with Gasteiger partial charge < -0.3 is 10.6 Å². The summed E-state index contributed by atoms with van der Waals surface area (Å²) < 4.78 is 0. The van der Waals surface area contributed by atoms with Crippen molar-refractivity contribution in [3.05, 3.63) is 0 Å². The average Bonchev–Trinajstić information content (AvgIpc) is 2.84. The van der Waals surface area contributed by atoms with E-state index in [9.17, 15) is 4.79 Å². The van der Waals surface area contributed by atoms with Crippen molar-refractivity contribution in [1.82, 2.24) is 9.80 Å². The lowest BCUT2D eigenvalue weighted by Crippen LogP contribution is -2.53. The van der Waals surface area contributed by atoms with Crippen LogP contribution in [0.25, 0.3) is 0 Å². The standard InChI is InChI=1S/C15H29N3O/c1-3-13(2)17-8-10-18(11-9-17)14(19)12-15(16)6-4-5-7-15/h13H,3-12,16H2,1-2H3. The molecule has 1 atom stereocenters. The van der Waals surface area contributed by atoms with E-state index in [1.807, 2.05) is 4.90 Å². The summed E-state index contributed by atoms with van der Waals surface area (Å²) in [7, 11) is 0. The summed E-state index contributed by atoms with van der Waals surface area (Å²) in [6.45, 7) is 8.26. The number of carbonyl (C=O) groups is 1. The molecule has 1 heterocycles. The van der Waals surface area contributed by atoms with E-state index in [-0.39, 0.29) is 11.4 Å². The van der Waals surface area contributed by atoms with Gasteiger partial charge in [0.05, 0.1) is 0 Å². The smallest absolute Gasteiger partial charge is 0.224 e. The average molecular weight is 267 g/mol. The SMILES string of the molecule is CCC(C)N1CCN(C(=O)CC2(N)CCCC2)CC1. The first-order valence-electron chi connectivity index (χ1n) is 7.85. The molecule has 19 heavy (non-hydrogen) atoms. The Bertz CT molecular complexity index is 305. The van der Waals surface area contributed by atoms with Crippen LogP contribution >= 0.6 is 0 Å². The minimum absolute atomic E-state index is 0.203. The lowest BCUT2D eigenvalue weighted by molar-refractivity contribution is -0.134. The van der Waals surface area contributed by atoms with Gasteiger partial charge in [-0.3, -0.25) is 9.69 Å². The van der Waals surface area contributed by atoms with E-state index >= 15 is 0 Å². The Balaban J connectivity index is 1.79. The normalized spacial score (nSPS) is 25.5. The van der Waals surface area contributed by atoms with Gasteiger partial charge in [0.1, 0.15) is 0 Å². The van der Waals surface area contributed by atoms with Crippen molar-refractivity contribution in [1.29, 1.82) is 0 Å². The van der Waals surface area contributed by atoms with Crippen molar-refractivity contribution in [2.24, 2.45) is 5.73 Å². The summed E-state index contributed by atoms with van der Waals surface area (Å²) >= 11 is 0. The second kappa shape index (κ2) is 6.23. The molecule has 2 N–H and O–H groups in total. The van der Waals surface area contributed by atoms with Crippen molar-refractivity contribution < 1.29 is 4.79 Å². The third-order valence-corrected chi connectivity index (χ3v) is 4.98. The molecule has 2 rings (SSSR count). The van der Waals surface area contributed by atoms with Crippen molar-refractivity contribution in [3.8, 4) is 0 Å². The Morgan fingerprint density at radius 1 is 1.21 bits per heavy atom. The number of piperazine rings is 1. The van der Waals surface area contributed by atoms with Gasteiger partial charge in [-0.2, -0.15) is 0 Å². The predicted molar refractivity (Wildman–Crippen MR) is 77.9 cm³/mol. The second-order valence-corrected chi connectivity index (χ2v) is 6.42. The van der Waals surface area contributed by atoms with Gasteiger partial charge in [-0.05, 0) is 26.2 Å². The first-order valence-corrected chi connectivity index (χ1v) is 7.85. The first kappa shape index (κ1) is 14.8. The largest absolute Gasteiger partial charge is 0.340 e. The third kappa shape index (κ3) is 3.69. The minimum Gasteiger partial charge on any atom is -0.340 e. The summed E-state index contributed by atoms with van der Waals surface area (Å²) in [5.41, 5.74) is 6.10. The summed E-state index contributed by atoms with van der Waals surface area (Å²) in [6.07, 6.45) is 6.14. The first-order chi connectivity index (χ1) is 9.04. The maximum Gasteiger partial charge on any atom is 0.224 e. The maximum atomic E-state index is 12.3. The summed E-state index contributed by atoms with van der Waals surface area (Å²) in [5, 5.41) is 0. The Kier molecular flexibility index (Phi) is 4.85. The van der Waals surface area contributed by atoms with Crippen LogP contribution < -0.4 is 5.73 Å². The number of hydrogen-bond acceptors (Lipinski definition) is 3. The van der Waals surface area contributed by atoms with E-state index in [1.165, 1.54) is 19.3 Å². The molecule has 0 aromatic rings. The molecule has 1 amide bonds. The second-order valence-electron chi connectivity index (χ2n) is 6.42. The van der Waals surface area contributed by atoms with Crippen LogP contribution in [0.2, 0.25) is 0 Å². The van der Waals surface area contributed by atoms with E-state index in [0.717, 1.165) is 39.0 Å². The lowest BCUT2D eigenvalue weighted by Gasteiger charge is -2.39. The topological polar surface area (TPSA) is 49.6 Å². The van der Waals surface area contributed by atoms with Crippen LogP contribution in [0.5, 0.6) is 0 Å². The zero-order valence-electron chi connectivity index (χ0n) is 12.5. The van der Waals surface area contributed by atoms with Gasteiger partial charge in [0.15, 0.2) is 0 Å². The van der Waals surface area contributed by atoms with Gasteiger partial charge in [-0.15, -0.1) is 0 Å². The monoisotopic (exact) mass is 267 g/mol. The number of amides is 1. The van der Waals surface area contributed by atoms with E-state index < -0.39 is 0 Å². The molecule has 1 aliphatic heterocycles. The molecule has 0 aromatic heterocycles. The van der Waals surface area contributed by atoms with Crippen LogP contribution in [0.4, 0.5) is 0 Å². The lowest BCUT2D eigenvalue weighted by atomic mass is 9.94. The van der Waals surface area contributed by atoms with E-state index in [4.69, 9.17) is 5.73 Å². The minimum atomic E-state index is -0.203. The van der Waals surface area contributed by atoms with Crippen molar-refractivity contribution >= 4 is 5.91 Å². The fourth-order valence-electron chi connectivity index (χ4n) is 3.34. The highest BCUT2D eigenvalue weighted by Gasteiger charge is 2.34. The third-order valence-electron chi connectivity index (χ3n) is 4.98. The van der Waals surface area contributed by atoms with Crippen LogP contribution in [0.3, 0.4) is 0 Å². The fraction of sp³-hybridized carbons (Fsp3) is 0.933. The Hall–Kier alpha value is -0.610. The van der Waals surface area contributed by atoms with Gasteiger partial charge in [-0.1, -0.05) is 19.8 Å². The van der Waals surface area contributed by atoms with Gasteiger partial charge in [0, 0.05) is 44.2 Å². The molecule has 0 radical (unpaired) electrons. The number of hydrogen-bond donors (Lipinski definition) is 1. The molecule has 110 valence electrons. The quantitative estimate of drug-likeness (QED) is 0.841. The molecule has 1 saturated heterocycles. The molecule has 0 spiro atoms. The van der Waals surface area contributed by atoms with Crippen LogP contribution in [-0.4, -0.2) is 53.5 Å². The number of nitrogens with two attached hydrogens (primary N) is 1. The molecule has 1 unspecified atom stereocenters. The predicted octanol–water partition coefficient (Wildman–Crippen LogP) is 1.59. The number of carbonyl (C=O) groups excluding carboxylic acids is 1. The maximum absolute atomic E-state index is 12.3. The number of rotatable bonds is 4. The van der Waals surface area contributed by atoms with Gasteiger partial charge in [-0.25, -0.2) is 0 Å². The van der Waals surface area contributed by atoms with E-state index in [0.29, 0.717) is 12.5 Å². The molecular formula is C15H29N3O.